The van der Waals surface area contributed by atoms with Gasteiger partial charge in [-0.25, -0.2) is 4.98 Å². The van der Waals surface area contributed by atoms with Crippen molar-refractivity contribution in [2.75, 3.05) is 6.54 Å². The molecule has 6 nitrogen and oxygen atoms in total. The molecule has 2 heterocycles. The summed E-state index contributed by atoms with van der Waals surface area (Å²) >= 11 is 0. The minimum absolute atomic E-state index is 0.0521. The number of amides is 1. The molecular formula is C21H26N4O2. The first-order chi connectivity index (χ1) is 13.1. The van der Waals surface area contributed by atoms with E-state index in [1.165, 1.54) is 32.1 Å². The maximum absolute atomic E-state index is 12.8. The number of carbonyl (C=O) groups is 1. The van der Waals surface area contributed by atoms with E-state index in [4.69, 9.17) is 4.42 Å². The first-order valence-corrected chi connectivity index (χ1v) is 9.78. The molecule has 0 saturated heterocycles. The zero-order valence-electron chi connectivity index (χ0n) is 16.0. The Labute approximate surface area is 158 Å². The second kappa shape index (κ2) is 7.55. The van der Waals surface area contributed by atoms with E-state index in [0.29, 0.717) is 23.5 Å². The predicted molar refractivity (Wildman–Crippen MR) is 104 cm³/mol. The Morgan fingerprint density at radius 1 is 1.26 bits per heavy atom. The van der Waals surface area contributed by atoms with Crippen LogP contribution in [0.25, 0.3) is 11.0 Å². The molecule has 1 aromatic carbocycles. The van der Waals surface area contributed by atoms with Crippen molar-refractivity contribution < 1.29 is 9.21 Å². The Morgan fingerprint density at radius 2 is 2.07 bits per heavy atom. The lowest BCUT2D eigenvalue weighted by atomic mass is 9.89. The molecule has 27 heavy (non-hydrogen) atoms. The number of hydrogen-bond acceptors (Lipinski definition) is 4. The van der Waals surface area contributed by atoms with E-state index in [1.54, 1.807) is 6.33 Å². The lowest BCUT2D eigenvalue weighted by molar-refractivity contribution is 0.0944. The maximum Gasteiger partial charge on any atom is 0.255 e. The van der Waals surface area contributed by atoms with Crippen LogP contribution < -0.4 is 5.32 Å². The van der Waals surface area contributed by atoms with Crippen molar-refractivity contribution in [3.63, 3.8) is 0 Å². The Bertz CT molecular complexity index is 937. The van der Waals surface area contributed by atoms with Gasteiger partial charge in [0.25, 0.3) is 5.91 Å². The van der Waals surface area contributed by atoms with Crippen molar-refractivity contribution in [2.24, 2.45) is 5.92 Å². The monoisotopic (exact) mass is 366 g/mol. The first kappa shape index (κ1) is 17.8. The van der Waals surface area contributed by atoms with Crippen molar-refractivity contribution >= 4 is 16.9 Å². The highest BCUT2D eigenvalue weighted by Crippen LogP contribution is 2.32. The van der Waals surface area contributed by atoms with E-state index in [-0.39, 0.29) is 5.91 Å². The lowest BCUT2D eigenvalue weighted by Crippen LogP contribution is -2.30. The summed E-state index contributed by atoms with van der Waals surface area (Å²) in [7, 11) is 0. The molecule has 1 fully saturated rings. The van der Waals surface area contributed by atoms with Gasteiger partial charge in [-0.2, -0.15) is 5.10 Å². The second-order valence-electron chi connectivity index (χ2n) is 7.57. The van der Waals surface area contributed by atoms with Gasteiger partial charge in [0.1, 0.15) is 17.7 Å². The molecule has 0 unspecified atom stereocenters. The fourth-order valence-corrected chi connectivity index (χ4v) is 4.09. The molecule has 6 heteroatoms. The van der Waals surface area contributed by atoms with E-state index < -0.39 is 0 Å². The number of fused-ring (bicyclic) bond motifs is 1. The van der Waals surface area contributed by atoms with E-state index in [0.717, 1.165) is 34.6 Å². The fourth-order valence-electron chi connectivity index (χ4n) is 4.09. The van der Waals surface area contributed by atoms with Crippen molar-refractivity contribution in [3.8, 4) is 0 Å². The number of nitrogens with one attached hydrogen (secondary N) is 2. The van der Waals surface area contributed by atoms with Gasteiger partial charge in [-0.3, -0.25) is 9.89 Å². The normalized spacial score (nSPS) is 15.3. The Morgan fingerprint density at radius 3 is 2.81 bits per heavy atom. The first-order valence-electron chi connectivity index (χ1n) is 9.78. The molecule has 0 spiro atoms. The number of nitrogens with zero attached hydrogens (tertiary/aromatic N) is 2. The highest BCUT2D eigenvalue weighted by Gasteiger charge is 2.21. The van der Waals surface area contributed by atoms with Gasteiger partial charge >= 0.3 is 0 Å². The van der Waals surface area contributed by atoms with Crippen LogP contribution in [-0.4, -0.2) is 27.6 Å². The van der Waals surface area contributed by atoms with Gasteiger partial charge in [-0.15, -0.1) is 0 Å². The van der Waals surface area contributed by atoms with E-state index >= 15 is 0 Å². The Kier molecular flexibility index (Phi) is 4.97. The number of furan rings is 1. The van der Waals surface area contributed by atoms with Crippen LogP contribution in [0, 0.1) is 19.8 Å². The minimum atomic E-state index is -0.0521. The van der Waals surface area contributed by atoms with E-state index in [2.05, 4.69) is 20.5 Å². The highest BCUT2D eigenvalue weighted by atomic mass is 16.3. The molecule has 3 aromatic rings. The molecule has 1 aliphatic carbocycles. The fraction of sp³-hybridized carbons (Fsp3) is 0.476. The van der Waals surface area contributed by atoms with Gasteiger partial charge in [-0.1, -0.05) is 25.3 Å². The quantitative estimate of drug-likeness (QED) is 0.713. The number of H-pyrrole nitrogens is 1. The predicted octanol–water partition coefficient (Wildman–Crippen LogP) is 4.07. The molecule has 1 saturated carbocycles. The Balaban J connectivity index is 1.61. The van der Waals surface area contributed by atoms with Crippen molar-refractivity contribution in [3.05, 3.63) is 46.7 Å². The molecule has 4 rings (SSSR count). The zero-order chi connectivity index (χ0) is 18.8. The molecule has 0 radical (unpaired) electrons. The smallest absolute Gasteiger partial charge is 0.255 e. The third kappa shape index (κ3) is 3.61. The SMILES string of the molecule is Cc1oc2c(C(=O)NCC3CCCCC3)ccc(Cc3nc[nH]n3)c2c1C. The number of benzene rings is 1. The Hall–Kier alpha value is -2.63. The van der Waals surface area contributed by atoms with Crippen LogP contribution in [0.2, 0.25) is 0 Å². The molecule has 0 bridgehead atoms. The maximum atomic E-state index is 12.8. The number of aromatic amines is 1. The summed E-state index contributed by atoms with van der Waals surface area (Å²) < 4.78 is 5.99. The summed E-state index contributed by atoms with van der Waals surface area (Å²) in [6, 6.07) is 3.86. The van der Waals surface area contributed by atoms with Crippen molar-refractivity contribution in [2.45, 2.75) is 52.4 Å². The second-order valence-corrected chi connectivity index (χ2v) is 7.57. The standard InChI is InChI=1S/C21H26N4O2/c1-13-14(2)27-20-17(21(26)22-11-15-6-4-3-5-7-15)9-8-16(19(13)20)10-18-23-12-24-25-18/h8-9,12,15H,3-7,10-11H2,1-2H3,(H,22,26)(H,23,24,25). The average Bonchev–Trinajstić information content (AvgIpc) is 3.29. The van der Waals surface area contributed by atoms with Gasteiger partial charge in [-0.05, 0) is 49.8 Å². The van der Waals surface area contributed by atoms with Crippen LogP contribution in [0.5, 0.6) is 0 Å². The van der Waals surface area contributed by atoms with Gasteiger partial charge in [0.05, 0.1) is 5.56 Å². The van der Waals surface area contributed by atoms with Crippen LogP contribution in [0.1, 0.15) is 65.2 Å². The summed E-state index contributed by atoms with van der Waals surface area (Å²) in [5, 5.41) is 11.0. The number of hydrogen-bond donors (Lipinski definition) is 2. The van der Waals surface area contributed by atoms with Gasteiger partial charge in [0, 0.05) is 18.4 Å². The summed E-state index contributed by atoms with van der Waals surface area (Å²) in [6.07, 6.45) is 8.47. The summed E-state index contributed by atoms with van der Waals surface area (Å²) in [5.41, 5.74) is 3.41. The molecular weight excluding hydrogens is 340 g/mol. The van der Waals surface area contributed by atoms with Crippen LogP contribution in [0.3, 0.4) is 0 Å². The largest absolute Gasteiger partial charge is 0.460 e. The molecule has 2 N–H and O–H groups in total. The third-order valence-corrected chi connectivity index (χ3v) is 5.74. The summed E-state index contributed by atoms with van der Waals surface area (Å²) in [5.74, 6) is 2.12. The van der Waals surface area contributed by atoms with Gasteiger partial charge in [0.2, 0.25) is 0 Å². The van der Waals surface area contributed by atoms with Crippen LogP contribution in [0.15, 0.2) is 22.9 Å². The van der Waals surface area contributed by atoms with E-state index in [1.807, 2.05) is 26.0 Å². The molecule has 142 valence electrons. The van der Waals surface area contributed by atoms with Crippen LogP contribution in [-0.2, 0) is 6.42 Å². The molecule has 0 atom stereocenters. The highest BCUT2D eigenvalue weighted by molar-refractivity contribution is 6.06. The van der Waals surface area contributed by atoms with Gasteiger partial charge in [0.15, 0.2) is 5.82 Å². The lowest BCUT2D eigenvalue weighted by Gasteiger charge is -2.21. The molecule has 0 aliphatic heterocycles. The molecule has 1 amide bonds. The van der Waals surface area contributed by atoms with Crippen LogP contribution in [0.4, 0.5) is 0 Å². The molecule has 2 aromatic heterocycles. The van der Waals surface area contributed by atoms with Crippen molar-refractivity contribution in [1.82, 2.24) is 20.5 Å². The van der Waals surface area contributed by atoms with Gasteiger partial charge < -0.3 is 9.73 Å². The van der Waals surface area contributed by atoms with E-state index in [9.17, 15) is 4.79 Å². The minimum Gasteiger partial charge on any atom is -0.460 e. The number of carbonyl (C=O) groups excluding carboxylic acids is 1. The number of aromatic nitrogens is 3. The average molecular weight is 366 g/mol. The van der Waals surface area contributed by atoms with Crippen molar-refractivity contribution in [1.29, 1.82) is 0 Å². The molecule has 1 aliphatic rings. The topological polar surface area (TPSA) is 83.8 Å². The third-order valence-electron chi connectivity index (χ3n) is 5.74. The van der Waals surface area contributed by atoms with Crippen LogP contribution >= 0.6 is 0 Å². The summed E-state index contributed by atoms with van der Waals surface area (Å²) in [6.45, 7) is 4.72. The summed E-state index contributed by atoms with van der Waals surface area (Å²) in [4.78, 5) is 17.1. The number of rotatable bonds is 5. The zero-order valence-corrected chi connectivity index (χ0v) is 16.0. The number of aryl methyl sites for hydroxylation is 2.